The van der Waals surface area contributed by atoms with Gasteiger partial charge in [0.05, 0.1) is 30.4 Å². The van der Waals surface area contributed by atoms with Crippen LogP contribution in [0.5, 0.6) is 5.88 Å². The van der Waals surface area contributed by atoms with Gasteiger partial charge in [0.25, 0.3) is 0 Å². The Kier molecular flexibility index (Phi) is 3.18. The molecule has 0 aliphatic heterocycles. The van der Waals surface area contributed by atoms with Crippen LogP contribution in [0.15, 0.2) is 36.5 Å². The number of nitrogens with two attached hydrogens (primary N) is 1. The van der Waals surface area contributed by atoms with E-state index in [4.69, 9.17) is 18.3 Å². The number of benzene rings is 1. The number of methoxy groups -OCH3 is 1. The first-order valence-electron chi connectivity index (χ1n) is 5.11. The van der Waals surface area contributed by atoms with Crippen LogP contribution in [0.4, 0.5) is 17.1 Å². The molecule has 4 nitrogen and oxygen atoms in total. The van der Waals surface area contributed by atoms with Gasteiger partial charge in [0.1, 0.15) is 7.85 Å². The van der Waals surface area contributed by atoms with E-state index < -0.39 is 0 Å². The summed E-state index contributed by atoms with van der Waals surface area (Å²) in [5.74, 6) is 0.570. The number of nitrogen functional groups attached to an aromatic ring is 1. The van der Waals surface area contributed by atoms with Gasteiger partial charge in [0.15, 0.2) is 0 Å². The molecule has 1 aromatic heterocycles. The van der Waals surface area contributed by atoms with Crippen molar-refractivity contribution in [3.8, 4) is 5.88 Å². The third kappa shape index (κ3) is 2.69. The molecule has 0 unspecified atom stereocenters. The zero-order valence-electron chi connectivity index (χ0n) is 9.47. The molecule has 0 aliphatic carbocycles. The molecule has 84 valence electrons. The van der Waals surface area contributed by atoms with Crippen LogP contribution in [0, 0.1) is 0 Å². The van der Waals surface area contributed by atoms with Crippen LogP contribution < -0.4 is 21.3 Å². The van der Waals surface area contributed by atoms with Crippen molar-refractivity contribution >= 4 is 30.4 Å². The first kappa shape index (κ1) is 11.3. The maximum atomic E-state index is 5.84. The molecule has 0 bridgehead atoms. The van der Waals surface area contributed by atoms with Crippen molar-refractivity contribution in [2.45, 2.75) is 0 Å². The van der Waals surface area contributed by atoms with Crippen molar-refractivity contribution in [3.63, 3.8) is 0 Å². The standard InChI is InChI=1S/C12H12BN3O/c1-17-12-5-3-9(7-15-12)16-11-4-2-8(13)6-10(11)14/h2-7,16H,14H2,1H3. The fourth-order valence-electron chi connectivity index (χ4n) is 1.43. The Balaban J connectivity index is 2.19. The molecule has 0 aliphatic rings. The second kappa shape index (κ2) is 4.78. The smallest absolute Gasteiger partial charge is 0.213 e. The fourth-order valence-corrected chi connectivity index (χ4v) is 1.43. The zero-order chi connectivity index (χ0) is 12.3. The van der Waals surface area contributed by atoms with E-state index in [1.165, 1.54) is 0 Å². The first-order chi connectivity index (χ1) is 8.19. The number of pyridine rings is 1. The molecule has 1 aromatic carbocycles. The summed E-state index contributed by atoms with van der Waals surface area (Å²) in [6, 6.07) is 8.96. The largest absolute Gasteiger partial charge is 0.481 e. The van der Waals surface area contributed by atoms with Crippen molar-refractivity contribution in [1.29, 1.82) is 0 Å². The zero-order valence-corrected chi connectivity index (χ0v) is 9.47. The van der Waals surface area contributed by atoms with Gasteiger partial charge in [-0.05, 0) is 18.2 Å². The predicted octanol–water partition coefficient (Wildman–Crippen LogP) is 1.21. The number of hydrogen-bond acceptors (Lipinski definition) is 4. The maximum absolute atomic E-state index is 5.84. The highest BCUT2D eigenvalue weighted by Crippen LogP contribution is 2.21. The third-order valence-electron chi connectivity index (χ3n) is 2.30. The van der Waals surface area contributed by atoms with E-state index in [1.807, 2.05) is 12.1 Å². The second-order valence-electron chi connectivity index (χ2n) is 3.56. The van der Waals surface area contributed by atoms with Crippen LogP contribution in [0.25, 0.3) is 0 Å². The average molecular weight is 225 g/mol. The van der Waals surface area contributed by atoms with Crippen LogP contribution in [-0.2, 0) is 0 Å². The summed E-state index contributed by atoms with van der Waals surface area (Å²) in [6.45, 7) is 0. The van der Waals surface area contributed by atoms with Crippen molar-refractivity contribution in [3.05, 3.63) is 36.5 Å². The second-order valence-corrected chi connectivity index (χ2v) is 3.56. The van der Waals surface area contributed by atoms with Gasteiger partial charge in [-0.2, -0.15) is 0 Å². The number of hydrogen-bond donors (Lipinski definition) is 2. The number of rotatable bonds is 3. The van der Waals surface area contributed by atoms with Crippen molar-refractivity contribution in [2.24, 2.45) is 0 Å². The molecule has 3 N–H and O–H groups in total. The lowest BCUT2D eigenvalue weighted by molar-refractivity contribution is 0.398. The van der Waals surface area contributed by atoms with E-state index >= 15 is 0 Å². The Morgan fingerprint density at radius 3 is 2.71 bits per heavy atom. The maximum Gasteiger partial charge on any atom is 0.213 e. The lowest BCUT2D eigenvalue weighted by Gasteiger charge is -2.10. The van der Waals surface area contributed by atoms with E-state index in [2.05, 4.69) is 10.3 Å². The highest BCUT2D eigenvalue weighted by molar-refractivity contribution is 6.32. The summed E-state index contributed by atoms with van der Waals surface area (Å²) in [4.78, 5) is 4.09. The van der Waals surface area contributed by atoms with Crippen molar-refractivity contribution in [1.82, 2.24) is 4.98 Å². The number of ether oxygens (including phenoxy) is 1. The molecule has 0 fully saturated rings. The van der Waals surface area contributed by atoms with E-state index in [9.17, 15) is 0 Å². The van der Waals surface area contributed by atoms with E-state index in [0.717, 1.165) is 11.4 Å². The van der Waals surface area contributed by atoms with Crippen LogP contribution >= 0.6 is 0 Å². The summed E-state index contributed by atoms with van der Waals surface area (Å²) < 4.78 is 4.98. The van der Waals surface area contributed by atoms with E-state index in [0.29, 0.717) is 17.0 Å². The minimum atomic E-state index is 0.570. The molecule has 0 amide bonds. The summed E-state index contributed by atoms with van der Waals surface area (Å²) in [7, 11) is 7.20. The monoisotopic (exact) mass is 225 g/mol. The normalized spacial score (nSPS) is 9.94. The number of aromatic nitrogens is 1. The highest BCUT2D eigenvalue weighted by Gasteiger charge is 2.00. The van der Waals surface area contributed by atoms with Gasteiger partial charge >= 0.3 is 0 Å². The molecule has 17 heavy (non-hydrogen) atoms. The molecule has 1 heterocycles. The number of anilines is 3. The van der Waals surface area contributed by atoms with E-state index in [-0.39, 0.29) is 0 Å². The molecule has 0 spiro atoms. The Hall–Kier alpha value is -2.17. The Bertz CT molecular complexity index is 514. The van der Waals surface area contributed by atoms with Gasteiger partial charge in [-0.3, -0.25) is 0 Å². The molecule has 0 saturated carbocycles. The summed E-state index contributed by atoms with van der Waals surface area (Å²) >= 11 is 0. The van der Waals surface area contributed by atoms with Gasteiger partial charge in [-0.25, -0.2) is 4.98 Å². The molecular formula is C12H12BN3O. The lowest BCUT2D eigenvalue weighted by atomic mass is 9.95. The quantitative estimate of drug-likeness (QED) is 0.608. The average Bonchev–Trinajstić information content (AvgIpc) is 2.34. The lowest BCUT2D eigenvalue weighted by Crippen LogP contribution is -2.05. The Morgan fingerprint density at radius 2 is 2.12 bits per heavy atom. The summed E-state index contributed by atoms with van der Waals surface area (Å²) in [5.41, 5.74) is 8.71. The Morgan fingerprint density at radius 1 is 1.29 bits per heavy atom. The number of nitrogens with zero attached hydrogens (tertiary/aromatic N) is 1. The van der Waals surface area contributed by atoms with E-state index in [1.54, 1.807) is 31.5 Å². The first-order valence-corrected chi connectivity index (χ1v) is 5.11. The predicted molar refractivity (Wildman–Crippen MR) is 70.3 cm³/mol. The molecule has 5 heteroatoms. The SMILES string of the molecule is [B]c1ccc(Nc2ccc(OC)nc2)c(N)c1. The van der Waals surface area contributed by atoms with Crippen LogP contribution in [0.2, 0.25) is 0 Å². The fraction of sp³-hybridized carbons (Fsp3) is 0.0833. The highest BCUT2D eigenvalue weighted by atomic mass is 16.5. The minimum absolute atomic E-state index is 0.570. The molecule has 0 atom stereocenters. The molecule has 2 radical (unpaired) electrons. The minimum Gasteiger partial charge on any atom is -0.481 e. The van der Waals surface area contributed by atoms with Gasteiger partial charge in [-0.15, -0.1) is 0 Å². The topological polar surface area (TPSA) is 60.2 Å². The van der Waals surface area contributed by atoms with Crippen LogP contribution in [-0.4, -0.2) is 19.9 Å². The van der Waals surface area contributed by atoms with Gasteiger partial charge in [0, 0.05) is 6.07 Å². The van der Waals surface area contributed by atoms with Crippen molar-refractivity contribution in [2.75, 3.05) is 18.2 Å². The number of nitrogens with one attached hydrogen (secondary N) is 1. The van der Waals surface area contributed by atoms with Crippen LogP contribution in [0.3, 0.4) is 0 Å². The van der Waals surface area contributed by atoms with Gasteiger partial charge < -0.3 is 15.8 Å². The van der Waals surface area contributed by atoms with Crippen molar-refractivity contribution < 1.29 is 4.74 Å². The molecule has 2 rings (SSSR count). The molecular weight excluding hydrogens is 213 g/mol. The van der Waals surface area contributed by atoms with Gasteiger partial charge in [-0.1, -0.05) is 11.5 Å². The van der Waals surface area contributed by atoms with Gasteiger partial charge in [0.2, 0.25) is 5.88 Å². The molecule has 2 aromatic rings. The van der Waals surface area contributed by atoms with Crippen LogP contribution in [0.1, 0.15) is 0 Å². The summed E-state index contributed by atoms with van der Waals surface area (Å²) in [6.07, 6.45) is 1.68. The third-order valence-corrected chi connectivity index (χ3v) is 2.30. The summed E-state index contributed by atoms with van der Waals surface area (Å²) in [5, 5.41) is 3.15. The Labute approximate surface area is 101 Å². The molecule has 0 saturated heterocycles.